The lowest BCUT2D eigenvalue weighted by Crippen LogP contribution is -1.86. The van der Waals surface area contributed by atoms with Crippen LogP contribution >= 0.6 is 23.2 Å². The summed E-state index contributed by atoms with van der Waals surface area (Å²) in [6.45, 7) is -0.0192. The molecule has 0 atom stereocenters. The SMILES string of the molecule is Cn1c(Cl)c(C#N)c(-c2ccc(CO)cc2)c1Cl. The van der Waals surface area contributed by atoms with E-state index in [4.69, 9.17) is 33.6 Å². The molecule has 1 N–H and O–H groups in total. The molecule has 3 nitrogen and oxygen atoms in total. The molecule has 1 aromatic heterocycles. The fourth-order valence-electron chi connectivity index (χ4n) is 1.77. The third-order valence-corrected chi connectivity index (χ3v) is 3.67. The maximum Gasteiger partial charge on any atom is 0.128 e. The van der Waals surface area contributed by atoms with Crippen molar-refractivity contribution in [3.63, 3.8) is 0 Å². The van der Waals surface area contributed by atoms with Crippen molar-refractivity contribution in [2.75, 3.05) is 0 Å². The monoisotopic (exact) mass is 280 g/mol. The van der Waals surface area contributed by atoms with Crippen LogP contribution < -0.4 is 0 Å². The number of benzene rings is 1. The predicted molar refractivity (Wildman–Crippen MR) is 71.5 cm³/mol. The van der Waals surface area contributed by atoms with E-state index >= 15 is 0 Å². The van der Waals surface area contributed by atoms with Gasteiger partial charge in [-0.15, -0.1) is 0 Å². The standard InChI is InChI=1S/C13H10Cl2N2O/c1-17-12(14)10(6-16)11(13(17)15)9-4-2-8(7-18)3-5-9/h2-5,18H,7H2,1H3. The molecule has 0 saturated carbocycles. The molecule has 0 amide bonds. The summed E-state index contributed by atoms with van der Waals surface area (Å²) in [6.07, 6.45) is 0. The number of hydrogen-bond donors (Lipinski definition) is 1. The van der Waals surface area contributed by atoms with Crippen LogP contribution in [0.1, 0.15) is 11.1 Å². The Labute approximate surface area is 115 Å². The van der Waals surface area contributed by atoms with Gasteiger partial charge in [-0.3, -0.25) is 0 Å². The van der Waals surface area contributed by atoms with Crippen molar-refractivity contribution in [1.29, 1.82) is 5.26 Å². The van der Waals surface area contributed by atoms with Crippen LogP contribution in [0.5, 0.6) is 0 Å². The van der Waals surface area contributed by atoms with Gasteiger partial charge in [-0.2, -0.15) is 5.26 Å². The van der Waals surface area contributed by atoms with Gasteiger partial charge >= 0.3 is 0 Å². The molecule has 0 aliphatic heterocycles. The maximum absolute atomic E-state index is 9.15. The molecule has 1 heterocycles. The smallest absolute Gasteiger partial charge is 0.128 e. The summed E-state index contributed by atoms with van der Waals surface area (Å²) < 4.78 is 1.57. The minimum atomic E-state index is -0.0192. The van der Waals surface area contributed by atoms with E-state index in [0.717, 1.165) is 11.1 Å². The first kappa shape index (κ1) is 13.0. The zero-order valence-corrected chi connectivity index (χ0v) is 11.1. The third-order valence-electron chi connectivity index (χ3n) is 2.79. The summed E-state index contributed by atoms with van der Waals surface area (Å²) in [5.74, 6) is 0. The van der Waals surface area contributed by atoms with Crippen molar-refractivity contribution in [3.8, 4) is 17.2 Å². The molecule has 2 aromatic rings. The van der Waals surface area contributed by atoms with Gasteiger partial charge in [-0.1, -0.05) is 47.5 Å². The number of rotatable bonds is 2. The summed E-state index contributed by atoms with van der Waals surface area (Å²) >= 11 is 12.2. The van der Waals surface area contributed by atoms with Crippen molar-refractivity contribution in [2.24, 2.45) is 7.05 Å². The van der Waals surface area contributed by atoms with Gasteiger partial charge in [0.05, 0.1) is 12.2 Å². The largest absolute Gasteiger partial charge is 0.392 e. The van der Waals surface area contributed by atoms with Gasteiger partial charge in [0.25, 0.3) is 0 Å². The molecule has 0 fully saturated rings. The molecule has 0 bridgehead atoms. The Morgan fingerprint density at radius 2 is 1.83 bits per heavy atom. The number of nitrogens with zero attached hydrogens (tertiary/aromatic N) is 2. The molecular formula is C13H10Cl2N2O. The van der Waals surface area contributed by atoms with Gasteiger partial charge in [-0.25, -0.2) is 0 Å². The molecule has 0 saturated heterocycles. The van der Waals surface area contributed by atoms with E-state index in [9.17, 15) is 0 Å². The van der Waals surface area contributed by atoms with E-state index in [0.29, 0.717) is 21.4 Å². The molecule has 5 heteroatoms. The molecule has 2 rings (SSSR count). The Kier molecular flexibility index (Phi) is 3.63. The molecule has 0 unspecified atom stereocenters. The van der Waals surface area contributed by atoms with Crippen molar-refractivity contribution in [3.05, 3.63) is 45.7 Å². The first-order valence-corrected chi connectivity index (χ1v) is 5.99. The van der Waals surface area contributed by atoms with Crippen LogP contribution in [0.4, 0.5) is 0 Å². The summed E-state index contributed by atoms with van der Waals surface area (Å²) in [5.41, 5.74) is 2.59. The number of nitriles is 1. The van der Waals surface area contributed by atoms with Gasteiger partial charge in [-0.05, 0) is 11.1 Å². The first-order valence-electron chi connectivity index (χ1n) is 5.24. The Morgan fingerprint density at radius 1 is 1.22 bits per heavy atom. The maximum atomic E-state index is 9.15. The highest BCUT2D eigenvalue weighted by molar-refractivity contribution is 6.37. The van der Waals surface area contributed by atoms with Gasteiger partial charge in [0.1, 0.15) is 16.4 Å². The molecule has 92 valence electrons. The van der Waals surface area contributed by atoms with E-state index < -0.39 is 0 Å². The van der Waals surface area contributed by atoms with Crippen molar-refractivity contribution < 1.29 is 5.11 Å². The van der Waals surface area contributed by atoms with Crippen molar-refractivity contribution >= 4 is 23.2 Å². The van der Waals surface area contributed by atoms with E-state index in [1.54, 1.807) is 23.7 Å². The molecule has 0 radical (unpaired) electrons. The van der Waals surface area contributed by atoms with Crippen LogP contribution in [0, 0.1) is 11.3 Å². The highest BCUT2D eigenvalue weighted by Gasteiger charge is 2.19. The quantitative estimate of drug-likeness (QED) is 0.917. The second kappa shape index (κ2) is 5.03. The average Bonchev–Trinajstić information content (AvgIpc) is 2.63. The second-order valence-electron chi connectivity index (χ2n) is 3.86. The number of aliphatic hydroxyl groups excluding tert-OH is 1. The Bertz CT molecular complexity index is 624. The summed E-state index contributed by atoms with van der Waals surface area (Å²) in [5, 5.41) is 18.9. The second-order valence-corrected chi connectivity index (χ2v) is 4.57. The first-order chi connectivity index (χ1) is 8.60. The van der Waals surface area contributed by atoms with E-state index in [-0.39, 0.29) is 6.61 Å². The zero-order chi connectivity index (χ0) is 13.3. The Hall–Kier alpha value is -1.47. The highest BCUT2D eigenvalue weighted by Crippen LogP contribution is 2.37. The Balaban J connectivity index is 2.63. The number of halogens is 2. The summed E-state index contributed by atoms with van der Waals surface area (Å²) in [4.78, 5) is 0. The number of hydrogen-bond acceptors (Lipinski definition) is 2. The van der Waals surface area contributed by atoms with Crippen LogP contribution in [0.15, 0.2) is 24.3 Å². The molecule has 1 aromatic carbocycles. The third kappa shape index (κ3) is 1.99. The van der Waals surface area contributed by atoms with Crippen LogP contribution in [0.2, 0.25) is 10.3 Å². The van der Waals surface area contributed by atoms with Gasteiger partial charge in [0.2, 0.25) is 0 Å². The van der Waals surface area contributed by atoms with E-state index in [1.807, 2.05) is 12.1 Å². The van der Waals surface area contributed by atoms with E-state index in [1.165, 1.54) is 0 Å². The topological polar surface area (TPSA) is 49.0 Å². The lowest BCUT2D eigenvalue weighted by Gasteiger charge is -2.02. The number of aliphatic hydroxyl groups is 1. The summed E-state index contributed by atoms with van der Waals surface area (Å²) in [6, 6.07) is 9.26. The molecule has 0 aliphatic rings. The molecule has 0 aliphatic carbocycles. The predicted octanol–water partition coefficient (Wildman–Crippen LogP) is 3.36. The van der Waals surface area contributed by atoms with Crippen LogP contribution in [-0.2, 0) is 13.7 Å². The minimum Gasteiger partial charge on any atom is -0.392 e. The highest BCUT2D eigenvalue weighted by atomic mass is 35.5. The van der Waals surface area contributed by atoms with Crippen molar-refractivity contribution in [2.45, 2.75) is 6.61 Å². The molecule has 0 spiro atoms. The van der Waals surface area contributed by atoms with Crippen LogP contribution in [0.25, 0.3) is 11.1 Å². The Morgan fingerprint density at radius 3 is 2.33 bits per heavy atom. The van der Waals surface area contributed by atoms with Crippen molar-refractivity contribution in [1.82, 2.24) is 4.57 Å². The lowest BCUT2D eigenvalue weighted by molar-refractivity contribution is 0.282. The van der Waals surface area contributed by atoms with Crippen LogP contribution in [-0.4, -0.2) is 9.67 Å². The normalized spacial score (nSPS) is 10.4. The number of aromatic nitrogens is 1. The minimum absolute atomic E-state index is 0.0192. The fourth-order valence-corrected chi connectivity index (χ4v) is 2.32. The van der Waals surface area contributed by atoms with Gasteiger partial charge < -0.3 is 9.67 Å². The van der Waals surface area contributed by atoms with Gasteiger partial charge in [0.15, 0.2) is 0 Å². The van der Waals surface area contributed by atoms with Gasteiger partial charge in [0, 0.05) is 12.6 Å². The van der Waals surface area contributed by atoms with E-state index in [2.05, 4.69) is 6.07 Å². The average molecular weight is 281 g/mol. The lowest BCUT2D eigenvalue weighted by atomic mass is 10.0. The molecular weight excluding hydrogens is 271 g/mol. The van der Waals surface area contributed by atoms with Crippen LogP contribution in [0.3, 0.4) is 0 Å². The fraction of sp³-hybridized carbons (Fsp3) is 0.154. The summed E-state index contributed by atoms with van der Waals surface area (Å²) in [7, 11) is 1.71. The zero-order valence-electron chi connectivity index (χ0n) is 9.61. The molecule has 18 heavy (non-hydrogen) atoms.